The van der Waals surface area contributed by atoms with Crippen molar-refractivity contribution >= 4 is 28.9 Å². The van der Waals surface area contributed by atoms with Crippen LogP contribution in [0, 0.1) is 5.82 Å². The van der Waals surface area contributed by atoms with Crippen molar-refractivity contribution in [3.8, 4) is 0 Å². The van der Waals surface area contributed by atoms with Crippen molar-refractivity contribution in [3.05, 3.63) is 54.6 Å². The molecule has 7 nitrogen and oxygen atoms in total. The maximum atomic E-state index is 13.1. The molecule has 0 saturated heterocycles. The van der Waals surface area contributed by atoms with Gasteiger partial charge in [0.05, 0.1) is 5.69 Å². The summed E-state index contributed by atoms with van der Waals surface area (Å²) < 4.78 is 13.1. The second-order valence-electron chi connectivity index (χ2n) is 5.18. The maximum absolute atomic E-state index is 13.1. The fourth-order valence-electron chi connectivity index (χ4n) is 2.34. The van der Waals surface area contributed by atoms with Gasteiger partial charge < -0.3 is 11.1 Å². The molecule has 1 atom stereocenters. The van der Waals surface area contributed by atoms with Gasteiger partial charge in [-0.1, -0.05) is 0 Å². The Balaban J connectivity index is 1.83. The Morgan fingerprint density at radius 3 is 2.46 bits per heavy atom. The van der Waals surface area contributed by atoms with Gasteiger partial charge in [0.1, 0.15) is 17.6 Å². The lowest BCUT2D eigenvalue weighted by molar-refractivity contribution is -0.119. The van der Waals surface area contributed by atoms with E-state index < -0.39 is 23.7 Å². The number of halogens is 1. The van der Waals surface area contributed by atoms with E-state index in [1.165, 1.54) is 29.3 Å². The number of hydrogen-bond acceptors (Lipinski definition) is 5. The third kappa shape index (κ3) is 3.22. The summed E-state index contributed by atoms with van der Waals surface area (Å²) in [5, 5.41) is 8.20. The fourth-order valence-corrected chi connectivity index (χ4v) is 2.34. The molecular formula is C16H14FN5O2. The van der Waals surface area contributed by atoms with Crippen molar-refractivity contribution in [2.24, 2.45) is 10.8 Å². The number of primary amides is 1. The number of carbonyl (C=O) groups is 2. The second-order valence-corrected chi connectivity index (χ2v) is 5.18. The largest absolute Gasteiger partial charge is 0.368 e. The van der Waals surface area contributed by atoms with Gasteiger partial charge in [-0.3, -0.25) is 19.6 Å². The average molecular weight is 327 g/mol. The van der Waals surface area contributed by atoms with E-state index in [1.54, 1.807) is 24.5 Å². The molecule has 1 aromatic carbocycles. The minimum absolute atomic E-state index is 0.0730. The standard InChI is InChI=1S/C16H14FN5O2/c17-10-1-3-12(4-2-10)22-14(15(18)23)9-13(21-22)16(24)20-11-5-7-19-8-6-11/h1-8,14H,9H2,(H2,18,23)(H,19,20,24). The number of benzene rings is 1. The minimum atomic E-state index is -0.798. The van der Waals surface area contributed by atoms with Gasteiger partial charge in [-0.05, 0) is 36.4 Å². The third-order valence-corrected chi connectivity index (χ3v) is 3.53. The van der Waals surface area contributed by atoms with Gasteiger partial charge in [-0.25, -0.2) is 4.39 Å². The first-order chi connectivity index (χ1) is 11.5. The molecule has 24 heavy (non-hydrogen) atoms. The van der Waals surface area contributed by atoms with Crippen molar-refractivity contribution in [1.82, 2.24) is 4.98 Å². The van der Waals surface area contributed by atoms with Crippen LogP contribution in [0.1, 0.15) is 6.42 Å². The molecule has 2 aromatic rings. The lowest BCUT2D eigenvalue weighted by atomic mass is 10.1. The number of carbonyl (C=O) groups excluding carboxylic acids is 2. The van der Waals surface area contributed by atoms with E-state index in [9.17, 15) is 14.0 Å². The maximum Gasteiger partial charge on any atom is 0.271 e. The molecule has 8 heteroatoms. The molecule has 0 saturated carbocycles. The number of nitrogens with zero attached hydrogens (tertiary/aromatic N) is 3. The Labute approximate surface area is 137 Å². The molecule has 1 aromatic heterocycles. The molecule has 0 radical (unpaired) electrons. The quantitative estimate of drug-likeness (QED) is 0.883. The SMILES string of the molecule is NC(=O)C1CC(C(=O)Nc2ccncc2)=NN1c1ccc(F)cc1. The van der Waals surface area contributed by atoms with E-state index >= 15 is 0 Å². The highest BCUT2D eigenvalue weighted by atomic mass is 19.1. The van der Waals surface area contributed by atoms with Crippen LogP contribution in [0.2, 0.25) is 0 Å². The number of pyridine rings is 1. The number of nitrogens with one attached hydrogen (secondary N) is 1. The van der Waals surface area contributed by atoms with Gasteiger partial charge in [0.15, 0.2) is 0 Å². The van der Waals surface area contributed by atoms with Crippen molar-refractivity contribution in [1.29, 1.82) is 0 Å². The first kappa shape index (κ1) is 15.6. The molecule has 0 fully saturated rings. The van der Waals surface area contributed by atoms with Gasteiger partial charge in [-0.15, -0.1) is 0 Å². The second kappa shape index (κ2) is 6.45. The Bertz CT molecular complexity index is 792. The van der Waals surface area contributed by atoms with Crippen LogP contribution in [-0.2, 0) is 9.59 Å². The fraction of sp³-hybridized carbons (Fsp3) is 0.125. The molecule has 1 aliphatic rings. The summed E-state index contributed by atoms with van der Waals surface area (Å²) in [7, 11) is 0. The Morgan fingerprint density at radius 2 is 1.83 bits per heavy atom. The highest BCUT2D eigenvalue weighted by Crippen LogP contribution is 2.25. The predicted octanol–water partition coefficient (Wildman–Crippen LogP) is 1.28. The molecular weight excluding hydrogens is 313 g/mol. The zero-order valence-electron chi connectivity index (χ0n) is 12.5. The van der Waals surface area contributed by atoms with Crippen molar-refractivity contribution in [2.75, 3.05) is 10.3 Å². The summed E-state index contributed by atoms with van der Waals surface area (Å²) in [5.74, 6) is -1.46. The zero-order chi connectivity index (χ0) is 17.1. The van der Waals surface area contributed by atoms with E-state index in [4.69, 9.17) is 5.73 Å². The van der Waals surface area contributed by atoms with Gasteiger partial charge in [-0.2, -0.15) is 5.10 Å². The predicted molar refractivity (Wildman–Crippen MR) is 86.8 cm³/mol. The molecule has 3 rings (SSSR count). The Hall–Kier alpha value is -3.29. The van der Waals surface area contributed by atoms with Gasteiger partial charge in [0.2, 0.25) is 5.91 Å². The summed E-state index contributed by atoms with van der Waals surface area (Å²) >= 11 is 0. The van der Waals surface area contributed by atoms with Crippen LogP contribution in [-0.4, -0.2) is 28.6 Å². The van der Waals surface area contributed by atoms with Crippen molar-refractivity contribution < 1.29 is 14.0 Å². The summed E-state index contributed by atoms with van der Waals surface area (Å²) in [6.07, 6.45) is 3.16. The van der Waals surface area contributed by atoms with Crippen LogP contribution < -0.4 is 16.1 Å². The number of nitrogens with two attached hydrogens (primary N) is 1. The summed E-state index contributed by atoms with van der Waals surface area (Å²) in [4.78, 5) is 27.8. The van der Waals surface area contributed by atoms with E-state index in [1.807, 2.05) is 0 Å². The molecule has 0 spiro atoms. The molecule has 0 bridgehead atoms. The highest BCUT2D eigenvalue weighted by molar-refractivity contribution is 6.44. The summed E-state index contributed by atoms with van der Waals surface area (Å²) in [5.41, 5.74) is 6.61. The van der Waals surface area contributed by atoms with Crippen LogP contribution in [0.4, 0.5) is 15.8 Å². The smallest absolute Gasteiger partial charge is 0.271 e. The first-order valence-electron chi connectivity index (χ1n) is 7.17. The highest BCUT2D eigenvalue weighted by Gasteiger charge is 2.35. The molecule has 1 aliphatic heterocycles. The number of rotatable bonds is 4. The molecule has 0 aliphatic carbocycles. The molecule has 122 valence electrons. The van der Waals surface area contributed by atoms with Crippen LogP contribution in [0.15, 0.2) is 53.9 Å². The van der Waals surface area contributed by atoms with E-state index in [0.29, 0.717) is 11.4 Å². The number of aromatic nitrogens is 1. The van der Waals surface area contributed by atoms with E-state index in [0.717, 1.165) is 0 Å². The lowest BCUT2D eigenvalue weighted by Gasteiger charge is -2.20. The van der Waals surface area contributed by atoms with Crippen LogP contribution >= 0.6 is 0 Å². The molecule has 3 N–H and O–H groups in total. The van der Waals surface area contributed by atoms with Gasteiger partial charge in [0, 0.05) is 24.5 Å². The van der Waals surface area contributed by atoms with Crippen LogP contribution in [0.3, 0.4) is 0 Å². The molecule has 2 heterocycles. The monoisotopic (exact) mass is 327 g/mol. The average Bonchev–Trinajstić information content (AvgIpc) is 3.02. The number of hydrogen-bond donors (Lipinski definition) is 2. The topological polar surface area (TPSA) is 101 Å². The summed E-state index contributed by atoms with van der Waals surface area (Å²) in [6.45, 7) is 0. The van der Waals surface area contributed by atoms with Gasteiger partial charge in [0.25, 0.3) is 5.91 Å². The number of anilines is 2. The number of amides is 2. The molecule has 2 amide bonds. The number of hydrazone groups is 1. The lowest BCUT2D eigenvalue weighted by Crippen LogP contribution is -2.39. The first-order valence-corrected chi connectivity index (χ1v) is 7.17. The van der Waals surface area contributed by atoms with Crippen molar-refractivity contribution in [3.63, 3.8) is 0 Å². The Kier molecular flexibility index (Phi) is 4.19. The van der Waals surface area contributed by atoms with Crippen molar-refractivity contribution in [2.45, 2.75) is 12.5 Å². The zero-order valence-corrected chi connectivity index (χ0v) is 12.5. The summed E-state index contributed by atoms with van der Waals surface area (Å²) in [6, 6.07) is 7.91. The third-order valence-electron chi connectivity index (χ3n) is 3.53. The molecule has 1 unspecified atom stereocenters. The Morgan fingerprint density at radius 1 is 1.17 bits per heavy atom. The van der Waals surface area contributed by atoms with Crippen LogP contribution in [0.25, 0.3) is 0 Å². The minimum Gasteiger partial charge on any atom is -0.368 e. The normalized spacial score (nSPS) is 16.6. The van der Waals surface area contributed by atoms with Gasteiger partial charge >= 0.3 is 0 Å². The van der Waals surface area contributed by atoms with E-state index in [-0.39, 0.29) is 12.1 Å². The van der Waals surface area contributed by atoms with E-state index in [2.05, 4.69) is 15.4 Å². The van der Waals surface area contributed by atoms with Crippen LogP contribution in [0.5, 0.6) is 0 Å².